The molecule has 0 heterocycles. The maximum absolute atomic E-state index is 5.78. The Labute approximate surface area is 157 Å². The third kappa shape index (κ3) is 5.24. The van der Waals surface area contributed by atoms with Gasteiger partial charge in [0.05, 0.1) is 0 Å². The zero-order valence-corrected chi connectivity index (χ0v) is 15.4. The van der Waals surface area contributed by atoms with Crippen LogP contribution in [0.4, 0.5) is 11.4 Å². The molecule has 0 unspecified atom stereocenters. The summed E-state index contributed by atoms with van der Waals surface area (Å²) in [7, 11) is 0. The number of hydrogen-bond acceptors (Lipinski definition) is 3. The van der Waals surface area contributed by atoms with Gasteiger partial charge in [-0.2, -0.15) is 0 Å². The van der Waals surface area contributed by atoms with E-state index < -0.39 is 0 Å². The van der Waals surface area contributed by atoms with Crippen LogP contribution in [-0.4, -0.2) is 11.4 Å². The van der Waals surface area contributed by atoms with E-state index in [2.05, 4.69) is 29.0 Å². The molecule has 3 aromatic rings. The first kappa shape index (κ1) is 17.3. The Balaban J connectivity index is 1.58. The Morgan fingerprint density at radius 1 is 0.800 bits per heavy atom. The van der Waals surface area contributed by atoms with Gasteiger partial charge < -0.3 is 15.4 Å². The summed E-state index contributed by atoms with van der Waals surface area (Å²) in [4.78, 5) is 1.19. The largest absolute Gasteiger partial charge is 0.457 e. The Morgan fingerprint density at radius 2 is 1.48 bits per heavy atom. The van der Waals surface area contributed by atoms with Gasteiger partial charge in [0, 0.05) is 16.3 Å². The van der Waals surface area contributed by atoms with E-state index in [4.69, 9.17) is 17.0 Å². The molecule has 0 spiro atoms. The molecule has 0 saturated heterocycles. The molecule has 0 saturated carbocycles. The number of thiocarbonyl (C=S) groups is 1. The molecule has 3 nitrogen and oxygen atoms in total. The van der Waals surface area contributed by atoms with Gasteiger partial charge in [-0.3, -0.25) is 0 Å². The lowest BCUT2D eigenvalue weighted by atomic mass is 10.3. The van der Waals surface area contributed by atoms with Crippen LogP contribution in [-0.2, 0) is 0 Å². The monoisotopic (exact) mass is 366 g/mol. The molecule has 2 N–H and O–H groups in total. The maximum atomic E-state index is 5.78. The molecular formula is C20H18N2OS2. The van der Waals surface area contributed by atoms with Crippen molar-refractivity contribution in [3.05, 3.63) is 78.9 Å². The van der Waals surface area contributed by atoms with Crippen LogP contribution >= 0.6 is 24.0 Å². The van der Waals surface area contributed by atoms with Gasteiger partial charge in [-0.15, -0.1) is 11.8 Å². The minimum atomic E-state index is 0.551. The highest BCUT2D eigenvalue weighted by atomic mass is 32.2. The number of rotatable bonds is 5. The van der Waals surface area contributed by atoms with Crippen molar-refractivity contribution in [1.29, 1.82) is 0 Å². The molecule has 0 aromatic heterocycles. The molecule has 0 aliphatic carbocycles. The number of hydrogen-bond donors (Lipinski definition) is 2. The molecule has 0 aliphatic rings. The molecule has 0 radical (unpaired) electrons. The van der Waals surface area contributed by atoms with Gasteiger partial charge >= 0.3 is 0 Å². The van der Waals surface area contributed by atoms with E-state index in [1.165, 1.54) is 4.90 Å². The van der Waals surface area contributed by atoms with Crippen LogP contribution < -0.4 is 15.4 Å². The second kappa shape index (κ2) is 8.55. The Kier molecular flexibility index (Phi) is 5.93. The van der Waals surface area contributed by atoms with Crippen molar-refractivity contribution < 1.29 is 4.74 Å². The summed E-state index contributed by atoms with van der Waals surface area (Å²) in [5, 5.41) is 6.92. The summed E-state index contributed by atoms with van der Waals surface area (Å²) in [6.07, 6.45) is 2.05. The van der Waals surface area contributed by atoms with Crippen LogP contribution in [0.5, 0.6) is 11.5 Å². The fourth-order valence-corrected chi connectivity index (χ4v) is 2.92. The normalized spacial score (nSPS) is 10.1. The fourth-order valence-electron chi connectivity index (χ4n) is 2.23. The summed E-state index contributed by atoms with van der Waals surface area (Å²) < 4.78 is 5.78. The SMILES string of the molecule is CSc1cccc(NC(=S)Nc2ccc(Oc3ccccc3)cc2)c1. The highest BCUT2D eigenvalue weighted by Crippen LogP contribution is 2.23. The predicted octanol–water partition coefficient (Wildman–Crippen LogP) is 6.01. The summed E-state index contributed by atoms with van der Waals surface area (Å²) in [5.41, 5.74) is 1.87. The second-order valence-corrected chi connectivity index (χ2v) is 6.54. The van der Waals surface area contributed by atoms with Crippen molar-refractivity contribution in [2.45, 2.75) is 4.90 Å². The Hall–Kier alpha value is -2.50. The molecule has 126 valence electrons. The van der Waals surface area contributed by atoms with Crippen LogP contribution in [0.15, 0.2) is 83.8 Å². The number of para-hydroxylation sites is 1. The average Bonchev–Trinajstić information content (AvgIpc) is 2.64. The minimum Gasteiger partial charge on any atom is -0.457 e. The van der Waals surface area contributed by atoms with Crippen molar-refractivity contribution in [2.75, 3.05) is 16.9 Å². The smallest absolute Gasteiger partial charge is 0.175 e. The molecule has 0 bridgehead atoms. The van der Waals surface area contributed by atoms with Crippen molar-refractivity contribution >= 4 is 40.5 Å². The standard InChI is InChI=1S/C20H18N2OS2/c1-25-19-9-5-6-16(14-19)22-20(24)21-15-10-12-18(13-11-15)23-17-7-3-2-4-8-17/h2-14H,1H3,(H2,21,22,24). The molecule has 3 aromatic carbocycles. The Morgan fingerprint density at radius 3 is 2.20 bits per heavy atom. The van der Waals surface area contributed by atoms with Gasteiger partial charge in [-0.1, -0.05) is 24.3 Å². The predicted molar refractivity (Wildman–Crippen MR) is 111 cm³/mol. The van der Waals surface area contributed by atoms with E-state index in [0.717, 1.165) is 22.9 Å². The van der Waals surface area contributed by atoms with E-state index in [1.54, 1.807) is 11.8 Å². The van der Waals surface area contributed by atoms with E-state index in [1.807, 2.05) is 66.7 Å². The summed E-state index contributed by atoms with van der Waals surface area (Å²) in [5.74, 6) is 1.59. The lowest BCUT2D eigenvalue weighted by Gasteiger charge is -2.12. The van der Waals surface area contributed by atoms with Crippen molar-refractivity contribution in [3.63, 3.8) is 0 Å². The van der Waals surface area contributed by atoms with Crippen LogP contribution in [0.2, 0.25) is 0 Å². The quantitative estimate of drug-likeness (QED) is 0.427. The van der Waals surface area contributed by atoms with Crippen LogP contribution in [0, 0.1) is 0 Å². The molecule has 3 rings (SSSR count). The minimum absolute atomic E-state index is 0.551. The number of thioether (sulfide) groups is 1. The van der Waals surface area contributed by atoms with Crippen LogP contribution in [0.3, 0.4) is 0 Å². The summed E-state index contributed by atoms with van der Waals surface area (Å²) in [6, 6.07) is 25.5. The van der Waals surface area contributed by atoms with Gasteiger partial charge in [0.2, 0.25) is 0 Å². The number of nitrogens with one attached hydrogen (secondary N) is 2. The lowest BCUT2D eigenvalue weighted by Crippen LogP contribution is -2.18. The topological polar surface area (TPSA) is 33.3 Å². The highest BCUT2D eigenvalue weighted by molar-refractivity contribution is 7.98. The van der Waals surface area contributed by atoms with Crippen LogP contribution in [0.1, 0.15) is 0 Å². The van der Waals surface area contributed by atoms with Gasteiger partial charge in [-0.05, 0) is 73.1 Å². The van der Waals surface area contributed by atoms with Crippen molar-refractivity contribution in [3.8, 4) is 11.5 Å². The Bertz CT molecular complexity index is 836. The molecule has 0 amide bonds. The summed E-state index contributed by atoms with van der Waals surface area (Å²) >= 11 is 7.07. The first-order valence-corrected chi connectivity index (χ1v) is 9.41. The molecule has 0 atom stereocenters. The third-order valence-electron chi connectivity index (χ3n) is 3.42. The fraction of sp³-hybridized carbons (Fsp3) is 0.0500. The second-order valence-electron chi connectivity index (χ2n) is 5.25. The zero-order chi connectivity index (χ0) is 17.5. The van der Waals surface area contributed by atoms with Gasteiger partial charge in [0.1, 0.15) is 11.5 Å². The van der Waals surface area contributed by atoms with Gasteiger partial charge in [0.15, 0.2) is 5.11 Å². The molecule has 0 aliphatic heterocycles. The summed E-state index contributed by atoms with van der Waals surface area (Å²) in [6.45, 7) is 0. The van der Waals surface area contributed by atoms with Gasteiger partial charge in [-0.25, -0.2) is 0 Å². The third-order valence-corrected chi connectivity index (χ3v) is 4.35. The van der Waals surface area contributed by atoms with E-state index >= 15 is 0 Å². The van der Waals surface area contributed by atoms with E-state index in [0.29, 0.717) is 5.11 Å². The number of ether oxygens (including phenoxy) is 1. The van der Waals surface area contributed by atoms with Crippen molar-refractivity contribution in [2.24, 2.45) is 0 Å². The molecular weight excluding hydrogens is 348 g/mol. The number of benzene rings is 3. The van der Waals surface area contributed by atoms with Crippen molar-refractivity contribution in [1.82, 2.24) is 0 Å². The average molecular weight is 367 g/mol. The maximum Gasteiger partial charge on any atom is 0.175 e. The molecule has 0 fully saturated rings. The van der Waals surface area contributed by atoms with Crippen LogP contribution in [0.25, 0.3) is 0 Å². The van der Waals surface area contributed by atoms with E-state index in [9.17, 15) is 0 Å². The lowest BCUT2D eigenvalue weighted by molar-refractivity contribution is 0.483. The molecule has 5 heteroatoms. The zero-order valence-electron chi connectivity index (χ0n) is 13.7. The first-order chi connectivity index (χ1) is 12.2. The molecule has 25 heavy (non-hydrogen) atoms. The highest BCUT2D eigenvalue weighted by Gasteiger charge is 2.01. The van der Waals surface area contributed by atoms with E-state index in [-0.39, 0.29) is 0 Å². The first-order valence-electron chi connectivity index (χ1n) is 7.78. The number of anilines is 2. The van der Waals surface area contributed by atoms with Gasteiger partial charge in [0.25, 0.3) is 0 Å².